The van der Waals surface area contributed by atoms with E-state index < -0.39 is 0 Å². The lowest BCUT2D eigenvalue weighted by Gasteiger charge is -2.38. The number of halogens is 1. The lowest BCUT2D eigenvalue weighted by Crippen LogP contribution is -2.47. The van der Waals surface area contributed by atoms with Gasteiger partial charge in [-0.15, -0.1) is 11.8 Å². The van der Waals surface area contributed by atoms with Gasteiger partial charge in [0.05, 0.1) is 5.69 Å². The minimum atomic E-state index is -0.349. The van der Waals surface area contributed by atoms with Crippen LogP contribution < -0.4 is 10.2 Å². The zero-order valence-corrected chi connectivity index (χ0v) is 23.3. The fourth-order valence-electron chi connectivity index (χ4n) is 4.67. The van der Waals surface area contributed by atoms with E-state index >= 15 is 0 Å². The average molecular weight is 503 g/mol. The number of nitrogens with zero attached hydrogens (tertiary/aromatic N) is 3. The van der Waals surface area contributed by atoms with Crippen LogP contribution in [-0.4, -0.2) is 53.8 Å². The van der Waals surface area contributed by atoms with Crippen LogP contribution in [0.5, 0.6) is 0 Å². The zero-order chi connectivity index (χ0) is 26.0. The van der Waals surface area contributed by atoms with Crippen LogP contribution in [0.2, 0.25) is 0 Å². The summed E-state index contributed by atoms with van der Waals surface area (Å²) in [7, 11) is 0. The highest BCUT2D eigenvalue weighted by Gasteiger charge is 2.37. The molecule has 2 fully saturated rings. The molecule has 1 unspecified atom stereocenters. The van der Waals surface area contributed by atoms with Crippen molar-refractivity contribution in [1.29, 1.82) is 0 Å². The molecule has 35 heavy (non-hydrogen) atoms. The molecule has 2 aromatic rings. The van der Waals surface area contributed by atoms with Gasteiger partial charge < -0.3 is 15.1 Å². The molecule has 1 N–H and O–H groups in total. The van der Waals surface area contributed by atoms with Gasteiger partial charge in [0.1, 0.15) is 17.7 Å². The smallest absolute Gasteiger partial charge is 0.245 e. The summed E-state index contributed by atoms with van der Waals surface area (Å²) < 4.78 is 14.3. The fraction of sp³-hybridized carbons (Fsp3) is 0.571. The van der Waals surface area contributed by atoms with Crippen molar-refractivity contribution >= 4 is 29.2 Å². The van der Waals surface area contributed by atoms with Gasteiger partial charge in [0.25, 0.3) is 0 Å². The van der Waals surface area contributed by atoms with Gasteiger partial charge in [-0.3, -0.25) is 4.79 Å². The van der Waals surface area contributed by atoms with Crippen LogP contribution in [0.15, 0.2) is 35.4 Å². The van der Waals surface area contributed by atoms with E-state index in [1.54, 1.807) is 6.07 Å². The van der Waals surface area contributed by atoms with Crippen LogP contribution in [0.1, 0.15) is 65.0 Å². The maximum atomic E-state index is 14.3. The van der Waals surface area contributed by atoms with Crippen LogP contribution in [-0.2, 0) is 11.2 Å². The van der Waals surface area contributed by atoms with E-state index in [9.17, 15) is 9.18 Å². The zero-order valence-electron chi connectivity index (χ0n) is 22.5. The first-order valence-electron chi connectivity index (χ1n) is 13.1. The van der Waals surface area contributed by atoms with Gasteiger partial charge in [-0.1, -0.05) is 40.7 Å². The Morgan fingerprint density at radius 1 is 1.09 bits per heavy atom. The number of aryl methyl sites for hydroxylation is 2. The Bertz CT molecular complexity index is 947. The van der Waals surface area contributed by atoms with Crippen molar-refractivity contribution in [2.24, 2.45) is 0 Å². The molecule has 5 nitrogen and oxygen atoms in total. The van der Waals surface area contributed by atoms with Crippen LogP contribution in [0.3, 0.4) is 0 Å². The first-order valence-corrected chi connectivity index (χ1v) is 14.3. The Morgan fingerprint density at radius 2 is 1.77 bits per heavy atom. The number of rotatable bonds is 6. The Kier molecular flexibility index (Phi) is 11.8. The van der Waals surface area contributed by atoms with Crippen LogP contribution in [0.4, 0.5) is 15.9 Å². The molecule has 2 saturated heterocycles. The summed E-state index contributed by atoms with van der Waals surface area (Å²) >= 11 is 1.50. The minimum absolute atomic E-state index is 0.0911. The maximum Gasteiger partial charge on any atom is 0.245 e. The van der Waals surface area contributed by atoms with E-state index in [1.807, 2.05) is 51.1 Å². The lowest BCUT2D eigenvalue weighted by atomic mass is 10.0. The van der Waals surface area contributed by atoms with E-state index in [4.69, 9.17) is 0 Å². The molecule has 1 atom stereocenters. The van der Waals surface area contributed by atoms with E-state index in [-0.39, 0.29) is 23.8 Å². The first kappa shape index (κ1) is 29.0. The van der Waals surface area contributed by atoms with Crippen molar-refractivity contribution in [3.8, 4) is 0 Å². The monoisotopic (exact) mass is 502 g/mol. The number of carbonyl (C=O) groups excluding carboxylic acids is 1. The fourth-order valence-corrected chi connectivity index (χ4v) is 5.09. The number of anilines is 2. The Morgan fingerprint density at radius 3 is 2.34 bits per heavy atom. The standard InChI is InChI=1S/C24H31FN4OS.2C2H6/c1-4-17-13-16(2)23(26-15-17)28-10-7-18(8-11-28)29-12-9-22(24(29)30)27-21-6-5-19(31-3)14-20(21)25;2*1-2/h5-6,13-15,18,22,27H,4,7-12H2,1-3H3;2*1-2H3. The summed E-state index contributed by atoms with van der Waals surface area (Å²) in [6.45, 7) is 14.8. The highest BCUT2D eigenvalue weighted by Crippen LogP contribution is 2.29. The van der Waals surface area contributed by atoms with Gasteiger partial charge in [0.15, 0.2) is 0 Å². The maximum absolute atomic E-state index is 14.3. The normalized spacial score (nSPS) is 17.9. The van der Waals surface area contributed by atoms with Crippen LogP contribution in [0.25, 0.3) is 0 Å². The number of pyridine rings is 1. The molecule has 2 aliphatic heterocycles. The highest BCUT2D eigenvalue weighted by atomic mass is 32.2. The van der Waals surface area contributed by atoms with E-state index in [0.29, 0.717) is 12.1 Å². The molecule has 194 valence electrons. The van der Waals surface area contributed by atoms with Crippen LogP contribution in [0, 0.1) is 12.7 Å². The van der Waals surface area contributed by atoms with Gasteiger partial charge in [-0.25, -0.2) is 9.37 Å². The topological polar surface area (TPSA) is 48.5 Å². The van der Waals surface area contributed by atoms with Crippen molar-refractivity contribution in [2.45, 2.75) is 84.2 Å². The molecule has 2 aliphatic rings. The summed E-state index contributed by atoms with van der Waals surface area (Å²) in [6, 6.07) is 7.25. The van der Waals surface area contributed by atoms with Crippen molar-refractivity contribution in [1.82, 2.24) is 9.88 Å². The molecule has 0 spiro atoms. The molecule has 7 heteroatoms. The second-order valence-corrected chi connectivity index (χ2v) is 9.30. The average Bonchev–Trinajstić information content (AvgIpc) is 3.27. The van der Waals surface area contributed by atoms with E-state index in [1.165, 1.54) is 29.0 Å². The number of hydrogen-bond donors (Lipinski definition) is 1. The number of thioether (sulfide) groups is 1. The van der Waals surface area contributed by atoms with Crippen molar-refractivity contribution in [3.63, 3.8) is 0 Å². The second-order valence-electron chi connectivity index (χ2n) is 8.42. The number of benzene rings is 1. The minimum Gasteiger partial charge on any atom is -0.371 e. The molecule has 1 aromatic carbocycles. The third-order valence-electron chi connectivity index (χ3n) is 6.47. The summed E-state index contributed by atoms with van der Waals surface area (Å²) in [4.78, 5) is 22.9. The first-order chi connectivity index (χ1) is 17.0. The third-order valence-corrected chi connectivity index (χ3v) is 7.19. The number of aromatic nitrogens is 1. The largest absolute Gasteiger partial charge is 0.371 e. The molecule has 0 aliphatic carbocycles. The number of nitrogens with one attached hydrogen (secondary N) is 1. The Hall–Kier alpha value is -2.28. The summed E-state index contributed by atoms with van der Waals surface area (Å²) in [5.74, 6) is 0.851. The molecular formula is C28H43FN4OS. The number of hydrogen-bond acceptors (Lipinski definition) is 5. The van der Waals surface area contributed by atoms with Gasteiger partial charge in [-0.2, -0.15) is 0 Å². The molecule has 0 radical (unpaired) electrons. The van der Waals surface area contributed by atoms with Gasteiger partial charge in [0, 0.05) is 36.8 Å². The predicted octanol–water partition coefficient (Wildman–Crippen LogP) is 6.55. The van der Waals surface area contributed by atoms with Gasteiger partial charge in [0.2, 0.25) is 5.91 Å². The summed E-state index contributed by atoms with van der Waals surface area (Å²) in [5.41, 5.74) is 2.88. The molecular weight excluding hydrogens is 459 g/mol. The molecule has 1 aromatic heterocycles. The van der Waals surface area contributed by atoms with Crippen molar-refractivity contribution in [2.75, 3.05) is 36.1 Å². The number of amides is 1. The molecule has 4 rings (SSSR count). The molecule has 1 amide bonds. The van der Waals surface area contributed by atoms with Gasteiger partial charge in [-0.05, 0) is 68.2 Å². The lowest BCUT2D eigenvalue weighted by molar-refractivity contribution is -0.130. The Labute approximate surface area is 215 Å². The summed E-state index contributed by atoms with van der Waals surface area (Å²) in [5, 5.41) is 3.14. The highest BCUT2D eigenvalue weighted by molar-refractivity contribution is 7.98. The third kappa shape index (κ3) is 7.12. The molecule has 3 heterocycles. The predicted molar refractivity (Wildman–Crippen MR) is 148 cm³/mol. The second kappa shape index (κ2) is 14.3. The van der Waals surface area contributed by atoms with Gasteiger partial charge >= 0.3 is 0 Å². The number of piperidine rings is 1. The van der Waals surface area contributed by atoms with Crippen molar-refractivity contribution < 1.29 is 9.18 Å². The number of likely N-dealkylation sites (tertiary alicyclic amines) is 1. The van der Waals surface area contributed by atoms with E-state index in [0.717, 1.165) is 49.6 Å². The number of carbonyl (C=O) groups is 1. The summed E-state index contributed by atoms with van der Waals surface area (Å²) in [6.07, 6.45) is 7.47. The Balaban J connectivity index is 0.00000103. The van der Waals surface area contributed by atoms with E-state index in [2.05, 4.69) is 35.1 Å². The quantitative estimate of drug-likeness (QED) is 0.454. The SMILES string of the molecule is CC.CC.CCc1cnc(N2CCC(N3CCC(Nc4ccc(SC)cc4F)C3=O)CC2)c(C)c1. The van der Waals surface area contributed by atoms with Crippen molar-refractivity contribution in [3.05, 3.63) is 47.4 Å². The van der Waals surface area contributed by atoms with Crippen LogP contribution >= 0.6 is 11.8 Å². The molecule has 0 bridgehead atoms. The molecule has 0 saturated carbocycles.